The maximum Gasteiger partial charge on any atom is 0.0672 e. The van der Waals surface area contributed by atoms with Crippen LogP contribution < -0.4 is 0 Å². The van der Waals surface area contributed by atoms with Gasteiger partial charge in [-0.05, 0) is 45.5 Å². The third-order valence-corrected chi connectivity index (χ3v) is 3.19. The Morgan fingerprint density at radius 1 is 1.22 bits per heavy atom. The summed E-state index contributed by atoms with van der Waals surface area (Å²) in [6.45, 7) is 5.19. The molecule has 2 aromatic rings. The average Bonchev–Trinajstić information content (AvgIpc) is 2.67. The molecule has 0 aliphatic rings. The molecule has 1 N–H and O–H groups in total. The van der Waals surface area contributed by atoms with Gasteiger partial charge in [0.15, 0.2) is 0 Å². The van der Waals surface area contributed by atoms with Gasteiger partial charge in [-0.15, -0.1) is 0 Å². The smallest absolute Gasteiger partial charge is 0.0672 e. The van der Waals surface area contributed by atoms with Crippen molar-refractivity contribution in [1.82, 2.24) is 15.1 Å². The van der Waals surface area contributed by atoms with Crippen molar-refractivity contribution in [2.75, 3.05) is 20.6 Å². The Morgan fingerprint density at radius 3 is 2.61 bits per heavy atom. The van der Waals surface area contributed by atoms with Crippen LogP contribution in [0.4, 0.5) is 0 Å². The van der Waals surface area contributed by atoms with E-state index >= 15 is 0 Å². The second-order valence-corrected chi connectivity index (χ2v) is 5.06. The van der Waals surface area contributed by atoms with Crippen LogP contribution in [0.5, 0.6) is 0 Å². The van der Waals surface area contributed by atoms with Gasteiger partial charge in [-0.1, -0.05) is 24.3 Å². The van der Waals surface area contributed by atoms with Crippen LogP contribution in [0.25, 0.3) is 11.1 Å². The summed E-state index contributed by atoms with van der Waals surface area (Å²) in [5.41, 5.74) is 6.08. The second-order valence-electron chi connectivity index (χ2n) is 5.06. The van der Waals surface area contributed by atoms with Gasteiger partial charge in [0, 0.05) is 17.8 Å². The van der Waals surface area contributed by atoms with Gasteiger partial charge in [0.2, 0.25) is 0 Å². The lowest BCUT2D eigenvalue weighted by atomic mass is 10.0. The first-order chi connectivity index (χ1) is 8.58. The quantitative estimate of drug-likeness (QED) is 0.895. The lowest BCUT2D eigenvalue weighted by Crippen LogP contribution is -2.14. The third kappa shape index (κ3) is 2.79. The number of nitrogens with zero attached hydrogens (tertiary/aromatic N) is 2. The van der Waals surface area contributed by atoms with Gasteiger partial charge in [0.25, 0.3) is 0 Å². The van der Waals surface area contributed by atoms with Crippen molar-refractivity contribution >= 4 is 0 Å². The number of hydrogen-bond donors (Lipinski definition) is 1. The summed E-state index contributed by atoms with van der Waals surface area (Å²) in [6.07, 6.45) is 1.08. The Labute approximate surface area is 109 Å². The summed E-state index contributed by atoms with van der Waals surface area (Å²) in [4.78, 5) is 2.21. The number of rotatable bonds is 4. The summed E-state index contributed by atoms with van der Waals surface area (Å²) < 4.78 is 0. The minimum atomic E-state index is 1.07. The molecule has 1 aromatic heterocycles. The number of H-pyrrole nitrogens is 1. The zero-order chi connectivity index (χ0) is 13.1. The van der Waals surface area contributed by atoms with Crippen molar-refractivity contribution in [3.63, 3.8) is 0 Å². The molecule has 0 fully saturated rings. The SMILES string of the molecule is Cc1n[nH]c(C)c1-c1cccc(CCN(C)C)c1. The van der Waals surface area contributed by atoms with E-state index in [1.807, 2.05) is 6.92 Å². The molecule has 0 saturated carbocycles. The Hall–Kier alpha value is -1.61. The summed E-state index contributed by atoms with van der Waals surface area (Å²) in [5, 5.41) is 7.31. The van der Waals surface area contributed by atoms with E-state index in [2.05, 4.69) is 60.4 Å². The lowest BCUT2D eigenvalue weighted by molar-refractivity contribution is 0.413. The van der Waals surface area contributed by atoms with Crippen molar-refractivity contribution < 1.29 is 0 Å². The third-order valence-electron chi connectivity index (χ3n) is 3.19. The van der Waals surface area contributed by atoms with Crippen molar-refractivity contribution in [1.29, 1.82) is 0 Å². The normalized spacial score (nSPS) is 11.2. The van der Waals surface area contributed by atoms with Crippen molar-refractivity contribution in [2.45, 2.75) is 20.3 Å². The highest BCUT2D eigenvalue weighted by Gasteiger charge is 2.09. The highest BCUT2D eigenvalue weighted by atomic mass is 15.1. The predicted octanol–water partition coefficient (Wildman–Crippen LogP) is 2.80. The highest BCUT2D eigenvalue weighted by molar-refractivity contribution is 5.68. The summed E-state index contributed by atoms with van der Waals surface area (Å²) in [6, 6.07) is 8.75. The van der Waals surface area contributed by atoms with E-state index in [1.54, 1.807) is 0 Å². The van der Waals surface area contributed by atoms with Crippen LogP contribution in [0.2, 0.25) is 0 Å². The molecule has 0 amide bonds. The molecule has 3 nitrogen and oxygen atoms in total. The molecule has 0 saturated heterocycles. The van der Waals surface area contributed by atoms with Crippen molar-refractivity contribution in [3.8, 4) is 11.1 Å². The van der Waals surface area contributed by atoms with Crippen LogP contribution in [0.1, 0.15) is 17.0 Å². The maximum absolute atomic E-state index is 4.26. The number of aromatic nitrogens is 2. The fourth-order valence-electron chi connectivity index (χ4n) is 2.21. The molecule has 0 aliphatic heterocycles. The van der Waals surface area contributed by atoms with E-state index in [4.69, 9.17) is 0 Å². The summed E-state index contributed by atoms with van der Waals surface area (Å²) >= 11 is 0. The lowest BCUT2D eigenvalue weighted by Gasteiger charge is -2.10. The Kier molecular flexibility index (Phi) is 3.82. The molecule has 0 aliphatic carbocycles. The monoisotopic (exact) mass is 243 g/mol. The molecule has 96 valence electrons. The van der Waals surface area contributed by atoms with E-state index in [0.717, 1.165) is 24.4 Å². The first kappa shape index (κ1) is 12.8. The van der Waals surface area contributed by atoms with Gasteiger partial charge in [-0.2, -0.15) is 5.10 Å². The van der Waals surface area contributed by atoms with Gasteiger partial charge in [-0.25, -0.2) is 0 Å². The van der Waals surface area contributed by atoms with Gasteiger partial charge in [-0.3, -0.25) is 5.10 Å². The number of hydrogen-bond acceptors (Lipinski definition) is 2. The number of aromatic amines is 1. The number of likely N-dealkylation sites (N-methyl/N-ethyl adjacent to an activating group) is 1. The molecule has 2 rings (SSSR count). The first-order valence-electron chi connectivity index (χ1n) is 6.33. The second kappa shape index (κ2) is 5.36. The van der Waals surface area contributed by atoms with Gasteiger partial charge < -0.3 is 4.90 Å². The van der Waals surface area contributed by atoms with Crippen LogP contribution >= 0.6 is 0 Å². The molecule has 1 heterocycles. The zero-order valence-corrected chi connectivity index (χ0v) is 11.6. The van der Waals surface area contributed by atoms with Crippen molar-refractivity contribution in [2.24, 2.45) is 0 Å². The fraction of sp³-hybridized carbons (Fsp3) is 0.400. The Bertz CT molecular complexity index is 507. The minimum absolute atomic E-state index is 1.07. The van der Waals surface area contributed by atoms with Gasteiger partial charge in [0.1, 0.15) is 0 Å². The van der Waals surface area contributed by atoms with Crippen LogP contribution in [0, 0.1) is 13.8 Å². The summed E-state index contributed by atoms with van der Waals surface area (Å²) in [5.74, 6) is 0. The molecule has 0 radical (unpaired) electrons. The summed E-state index contributed by atoms with van der Waals surface area (Å²) in [7, 11) is 4.21. The molecular weight excluding hydrogens is 222 g/mol. The van der Waals surface area contributed by atoms with Crippen molar-refractivity contribution in [3.05, 3.63) is 41.2 Å². The first-order valence-corrected chi connectivity index (χ1v) is 6.33. The van der Waals surface area contributed by atoms with E-state index in [1.165, 1.54) is 16.7 Å². The molecule has 18 heavy (non-hydrogen) atoms. The van der Waals surface area contributed by atoms with Crippen LogP contribution in [0.3, 0.4) is 0 Å². The largest absolute Gasteiger partial charge is 0.309 e. The molecular formula is C15H21N3. The minimum Gasteiger partial charge on any atom is -0.309 e. The van der Waals surface area contributed by atoms with Crippen LogP contribution in [-0.2, 0) is 6.42 Å². The number of aryl methyl sites for hydroxylation is 2. The molecule has 3 heteroatoms. The standard InChI is InChI=1S/C15H21N3/c1-11-15(12(2)17-16-11)14-7-5-6-13(10-14)8-9-18(3)4/h5-7,10H,8-9H2,1-4H3,(H,16,17). The zero-order valence-electron chi connectivity index (χ0n) is 11.6. The van der Waals surface area contributed by atoms with Crippen LogP contribution in [-0.4, -0.2) is 35.7 Å². The molecule has 0 bridgehead atoms. The van der Waals surface area contributed by atoms with Gasteiger partial charge in [0.05, 0.1) is 5.69 Å². The number of nitrogens with one attached hydrogen (secondary N) is 1. The predicted molar refractivity (Wildman–Crippen MR) is 75.8 cm³/mol. The van der Waals surface area contributed by atoms with E-state index < -0.39 is 0 Å². The average molecular weight is 243 g/mol. The molecule has 0 atom stereocenters. The molecule has 0 spiro atoms. The van der Waals surface area contributed by atoms with Crippen LogP contribution in [0.15, 0.2) is 24.3 Å². The van der Waals surface area contributed by atoms with E-state index in [9.17, 15) is 0 Å². The Morgan fingerprint density at radius 2 is 2.00 bits per heavy atom. The fourth-order valence-corrected chi connectivity index (χ4v) is 2.21. The maximum atomic E-state index is 4.26. The molecule has 0 unspecified atom stereocenters. The van der Waals surface area contributed by atoms with E-state index in [0.29, 0.717) is 0 Å². The number of benzene rings is 1. The van der Waals surface area contributed by atoms with E-state index in [-0.39, 0.29) is 0 Å². The molecule has 1 aromatic carbocycles. The topological polar surface area (TPSA) is 31.9 Å². The van der Waals surface area contributed by atoms with Gasteiger partial charge >= 0.3 is 0 Å². The highest BCUT2D eigenvalue weighted by Crippen LogP contribution is 2.25. The Balaban J connectivity index is 2.27.